The van der Waals surface area contributed by atoms with Gasteiger partial charge in [0, 0.05) is 67.0 Å². The topological polar surface area (TPSA) is 208 Å². The second-order valence-electron chi connectivity index (χ2n) is 23.3. The first-order valence-corrected chi connectivity index (χ1v) is 31.1. The Morgan fingerprint density at radius 1 is 0.220 bits per heavy atom. The fourth-order valence-electron chi connectivity index (χ4n) is 11.9. The molecule has 4 aliphatic rings. The third-order valence-corrected chi connectivity index (χ3v) is 16.8. The molecule has 0 bridgehead atoms. The molecule has 0 atom stereocenters. The van der Waals surface area contributed by atoms with Crippen LogP contribution in [0.1, 0.15) is 148 Å². The number of nitrogens with zero attached hydrogens (tertiary/aromatic N) is 4. The van der Waals surface area contributed by atoms with Crippen LogP contribution in [0.15, 0.2) is 255 Å². The Morgan fingerprint density at radius 2 is 0.450 bits per heavy atom. The van der Waals surface area contributed by atoms with Gasteiger partial charge in [0.15, 0.2) is 0 Å². The number of hydrogen-bond acceptors (Lipinski definition) is 10. The molecule has 16 nitrogen and oxygen atoms in total. The van der Waals surface area contributed by atoms with Crippen LogP contribution in [0.25, 0.3) is 0 Å². The monoisotopic (exact) mass is 1300 g/mol. The third-order valence-electron chi connectivity index (χ3n) is 16.8. The Balaban J connectivity index is 0.744. The Kier molecular flexibility index (Phi) is 15.6. The van der Waals surface area contributed by atoms with Gasteiger partial charge in [-0.2, -0.15) is 0 Å². The number of hydrogen-bond donors (Lipinski definition) is 2. The molecule has 0 saturated heterocycles. The van der Waals surface area contributed by atoms with E-state index in [4.69, 9.17) is 0 Å². The van der Waals surface area contributed by atoms with Gasteiger partial charge in [-0.25, -0.2) is 19.6 Å². The van der Waals surface area contributed by atoms with E-state index in [1.54, 1.807) is 24.3 Å². The number of carbonyl (C=O) groups excluding carboxylic acids is 10. The van der Waals surface area contributed by atoms with Crippen LogP contribution in [0.3, 0.4) is 0 Å². The lowest BCUT2D eigenvalue weighted by molar-refractivity contribution is 0.0908. The maximum Gasteiger partial charge on any atom is 0.266 e. The van der Waals surface area contributed by atoms with Crippen molar-refractivity contribution in [2.45, 2.75) is 0 Å². The highest BCUT2D eigenvalue weighted by molar-refractivity contribution is 6.38. The van der Waals surface area contributed by atoms with Gasteiger partial charge in [-0.15, -0.1) is 0 Å². The van der Waals surface area contributed by atoms with Crippen molar-refractivity contribution >= 4 is 93.2 Å². The van der Waals surface area contributed by atoms with Crippen molar-refractivity contribution < 1.29 is 47.9 Å². The molecular weight excluding hydrogens is 1250 g/mol. The molecular formula is C84H44N6O10. The number of amides is 10. The van der Waals surface area contributed by atoms with Gasteiger partial charge < -0.3 is 10.6 Å². The number of anilines is 6. The maximum atomic E-state index is 14.8. The molecule has 0 spiro atoms. The van der Waals surface area contributed by atoms with Crippen molar-refractivity contribution in [1.29, 1.82) is 0 Å². The zero-order valence-corrected chi connectivity index (χ0v) is 52.1. The smallest absolute Gasteiger partial charge is 0.266 e. The molecule has 15 rings (SSSR count). The molecule has 0 fully saturated rings. The second kappa shape index (κ2) is 25.5. The van der Waals surface area contributed by atoms with Gasteiger partial charge in [0.1, 0.15) is 0 Å². The fraction of sp³-hybridized carbons (Fsp3) is 0. The lowest BCUT2D eigenvalue weighted by Crippen LogP contribution is -2.32. The summed E-state index contributed by atoms with van der Waals surface area (Å²) < 4.78 is 0. The molecule has 10 amide bonds. The normalized spacial score (nSPS) is 13.0. The van der Waals surface area contributed by atoms with E-state index in [1.165, 1.54) is 109 Å². The van der Waals surface area contributed by atoms with Crippen LogP contribution in [0.4, 0.5) is 34.1 Å². The fourth-order valence-corrected chi connectivity index (χ4v) is 11.9. The highest BCUT2D eigenvalue weighted by Crippen LogP contribution is 2.39. The number of fused-ring (bicyclic) bond motifs is 4. The van der Waals surface area contributed by atoms with Crippen molar-refractivity contribution in [1.82, 2.24) is 0 Å². The first-order valence-electron chi connectivity index (χ1n) is 31.1. The van der Waals surface area contributed by atoms with E-state index in [2.05, 4.69) is 58.0 Å². The predicted molar refractivity (Wildman–Crippen MR) is 375 cm³/mol. The van der Waals surface area contributed by atoms with Crippen molar-refractivity contribution in [3.63, 3.8) is 0 Å². The van der Waals surface area contributed by atoms with Gasteiger partial charge in [-0.05, 0) is 176 Å². The largest absolute Gasteiger partial charge is 0.322 e. The summed E-state index contributed by atoms with van der Waals surface area (Å²) in [7, 11) is 0. The summed E-state index contributed by atoms with van der Waals surface area (Å²) in [6.07, 6.45) is 0. The zero-order chi connectivity index (χ0) is 68.7. The van der Waals surface area contributed by atoms with Crippen LogP contribution in [0.2, 0.25) is 0 Å². The van der Waals surface area contributed by atoms with Gasteiger partial charge in [-0.3, -0.25) is 47.9 Å². The third kappa shape index (κ3) is 11.7. The van der Waals surface area contributed by atoms with Crippen LogP contribution in [-0.4, -0.2) is 59.1 Å². The van der Waals surface area contributed by atoms with Crippen molar-refractivity contribution in [2.24, 2.45) is 0 Å². The number of rotatable bonds is 8. The van der Waals surface area contributed by atoms with Gasteiger partial charge in [-0.1, -0.05) is 126 Å². The summed E-state index contributed by atoms with van der Waals surface area (Å²) in [6, 6.07) is 68.6. The minimum absolute atomic E-state index is 0.0271. The van der Waals surface area contributed by atoms with Crippen LogP contribution in [0.5, 0.6) is 0 Å². The minimum atomic E-state index is -0.846. The summed E-state index contributed by atoms with van der Waals surface area (Å²) in [4.78, 5) is 149. The van der Waals surface area contributed by atoms with Crippen molar-refractivity contribution in [3.8, 4) is 47.4 Å². The molecule has 0 radical (unpaired) electrons. The minimum Gasteiger partial charge on any atom is -0.322 e. The summed E-state index contributed by atoms with van der Waals surface area (Å²) >= 11 is 0. The first kappa shape index (κ1) is 61.3. The molecule has 100 heavy (non-hydrogen) atoms. The highest BCUT2D eigenvalue weighted by atomic mass is 16.2. The van der Waals surface area contributed by atoms with E-state index < -0.39 is 59.1 Å². The Bertz CT molecular complexity index is 5100. The van der Waals surface area contributed by atoms with Crippen LogP contribution >= 0.6 is 0 Å². The number of benzene rings is 11. The molecule has 0 aliphatic carbocycles. The molecule has 0 saturated carbocycles. The molecule has 0 unspecified atom stereocenters. The maximum absolute atomic E-state index is 14.8. The van der Waals surface area contributed by atoms with Gasteiger partial charge in [0.25, 0.3) is 59.1 Å². The quantitative estimate of drug-likeness (QED) is 0.109. The second-order valence-corrected chi connectivity index (χ2v) is 23.3. The summed E-state index contributed by atoms with van der Waals surface area (Å²) in [5.41, 5.74) is 4.10. The van der Waals surface area contributed by atoms with Gasteiger partial charge in [0.2, 0.25) is 0 Å². The van der Waals surface area contributed by atoms with Crippen LogP contribution < -0.4 is 30.2 Å². The SMILES string of the molecule is O=C(Nc1cccc(NC(=O)c2cc(N3C(=O)c4ccc(C#Cc5ccccc5)cc4C3=O)cc(N3C(=O)c4ccc(C#Cc5ccccc5)cc4C3=O)c2)c1)c1cc(N2C(=O)c3ccc(C#Cc4ccccc4)cc3C2=O)cc(N2C(=O)c3ccc(C#Cc4ccccc4)cc3C2=O)c1. The average Bonchev–Trinajstić information content (AvgIpc) is 1.61. The number of nitrogens with one attached hydrogen (secondary N) is 2. The Morgan fingerprint density at radius 3 is 0.700 bits per heavy atom. The van der Waals surface area contributed by atoms with Gasteiger partial charge >= 0.3 is 0 Å². The molecule has 2 N–H and O–H groups in total. The molecule has 16 heteroatoms. The average molecular weight is 1300 g/mol. The molecule has 4 heterocycles. The van der Waals surface area contributed by atoms with Crippen molar-refractivity contribution in [3.05, 3.63) is 355 Å². The van der Waals surface area contributed by atoms with Gasteiger partial charge in [0.05, 0.1) is 67.3 Å². The van der Waals surface area contributed by atoms with E-state index in [1.807, 2.05) is 121 Å². The Hall–Kier alpha value is -14.8. The number of carbonyl (C=O) groups is 10. The van der Waals surface area contributed by atoms with Crippen LogP contribution in [-0.2, 0) is 0 Å². The molecule has 0 aromatic heterocycles. The van der Waals surface area contributed by atoms with Crippen molar-refractivity contribution in [2.75, 3.05) is 30.2 Å². The lowest BCUT2D eigenvalue weighted by Gasteiger charge is -2.21. The first-order chi connectivity index (χ1) is 48.7. The summed E-state index contributed by atoms with van der Waals surface area (Å²) in [5, 5.41) is 5.58. The van der Waals surface area contributed by atoms with E-state index in [0.29, 0.717) is 22.3 Å². The Labute approximate surface area is 570 Å². The predicted octanol–water partition coefficient (Wildman–Crippen LogP) is 13.0. The van der Waals surface area contributed by atoms with E-state index in [-0.39, 0.29) is 89.8 Å². The van der Waals surface area contributed by atoms with E-state index in [9.17, 15) is 47.9 Å². The van der Waals surface area contributed by atoms with E-state index in [0.717, 1.165) is 41.9 Å². The number of imide groups is 4. The summed E-state index contributed by atoms with van der Waals surface area (Å²) in [6.45, 7) is 0. The molecule has 470 valence electrons. The zero-order valence-electron chi connectivity index (χ0n) is 52.1. The lowest BCUT2D eigenvalue weighted by atomic mass is 10.1. The van der Waals surface area contributed by atoms with E-state index >= 15 is 0 Å². The standard InChI is InChI=1S/C84H44N6O10/c91-75(59-44-63(87-77(93)67-36-32-55(40-71(67)81(87)97)28-24-51-14-5-1-6-15-51)49-64(45-59)88-78(94)68-37-33-56(41-72(68)82(88)98)29-25-52-16-7-2-8-17-52)85-61-22-13-23-62(48-61)86-76(92)60-46-65(89-79(95)69-38-34-57(42-73(69)83(89)99)30-26-53-18-9-3-10-19-53)50-66(47-60)90-80(96)70-39-35-58(43-74(70)84(90)100)31-27-54-20-11-4-12-21-54/h1-23,32-50H,(H,85,91)(H,86,92). The molecule has 4 aliphatic heterocycles. The highest BCUT2D eigenvalue weighted by Gasteiger charge is 2.43. The molecule has 11 aromatic rings. The van der Waals surface area contributed by atoms with Crippen LogP contribution in [0, 0.1) is 47.4 Å². The summed E-state index contributed by atoms with van der Waals surface area (Å²) in [5.74, 6) is 16.6. The molecule has 11 aromatic carbocycles.